The molecule has 0 spiro atoms. The molecule has 0 aromatic heterocycles. The number of rotatable bonds is 4. The quantitative estimate of drug-likeness (QED) is 0.465. The minimum Gasteiger partial charge on any atom is -0.172 e. The number of hydrogen-bond donors (Lipinski definition) is 1. The molecule has 0 aromatic rings. The molecule has 0 fully saturated rings. The number of nitrogens with two attached hydrogens (primary N) is 1. The molecular formula is C7H18FN. The van der Waals surface area contributed by atoms with Crippen LogP contribution in [-0.4, -0.2) is 0 Å². The van der Waals surface area contributed by atoms with Gasteiger partial charge in [-0.3, -0.25) is 0 Å². The smallest absolute Gasteiger partial charge is 0.0533 e. The molecule has 0 unspecified atom stereocenters. The van der Waals surface area contributed by atoms with Gasteiger partial charge in [-0.05, 0) is 0 Å². The monoisotopic (exact) mass is 135 g/mol. The molecule has 0 aliphatic heterocycles. The van der Waals surface area contributed by atoms with Crippen molar-refractivity contribution in [2.75, 3.05) is 0 Å². The van der Waals surface area contributed by atoms with Crippen LogP contribution in [0.25, 0.3) is 0 Å². The van der Waals surface area contributed by atoms with Gasteiger partial charge in [-0.25, -0.2) is 0 Å². The third-order valence-corrected chi connectivity index (χ3v) is 1.21. The Morgan fingerprint density at radius 3 is 1.44 bits per heavy atom. The van der Waals surface area contributed by atoms with E-state index < -0.39 is 0 Å². The van der Waals surface area contributed by atoms with Gasteiger partial charge in [0.05, 0.1) is 0 Å². The second kappa shape index (κ2) is 15.7. The molecule has 0 aromatic carbocycles. The molecular weight excluding hydrogens is 117 g/mol. The van der Waals surface area contributed by atoms with Crippen LogP contribution in [0.15, 0.2) is 0 Å². The summed E-state index contributed by atoms with van der Waals surface area (Å²) in [5, 5.41) is 0. The first-order chi connectivity index (χ1) is 4.41. The first-order valence-electron chi connectivity index (χ1n) is 3.63. The third-order valence-electron chi connectivity index (χ3n) is 1.21. The maximum absolute atomic E-state index is 9.00. The Bertz CT molecular complexity index is 28.1. The van der Waals surface area contributed by atoms with Crippen molar-refractivity contribution >= 4 is 0 Å². The van der Waals surface area contributed by atoms with E-state index in [2.05, 4.69) is 19.8 Å². The van der Waals surface area contributed by atoms with Crippen molar-refractivity contribution in [3.8, 4) is 0 Å². The van der Waals surface area contributed by atoms with Gasteiger partial charge in [0.2, 0.25) is 0 Å². The Hall–Kier alpha value is -0.110. The molecule has 58 valence electrons. The SMILES string of the molecule is CCCCCCC.NF. The lowest BCUT2D eigenvalue weighted by atomic mass is 10.2. The zero-order valence-electron chi connectivity index (χ0n) is 6.49. The zero-order valence-corrected chi connectivity index (χ0v) is 6.49. The van der Waals surface area contributed by atoms with E-state index in [1.807, 2.05) is 0 Å². The fraction of sp³-hybridized carbons (Fsp3) is 1.00. The zero-order chi connectivity index (χ0) is 7.54. The molecule has 0 saturated heterocycles. The molecule has 0 rings (SSSR count). The van der Waals surface area contributed by atoms with Crippen LogP contribution in [0, 0.1) is 0 Å². The minimum absolute atomic E-state index is 1.36. The number of hydrogen-bond acceptors (Lipinski definition) is 1. The van der Waals surface area contributed by atoms with Crippen molar-refractivity contribution < 1.29 is 4.48 Å². The average Bonchev–Trinajstić information content (AvgIpc) is 1.94. The van der Waals surface area contributed by atoms with E-state index in [-0.39, 0.29) is 0 Å². The summed E-state index contributed by atoms with van der Waals surface area (Å²) in [5.74, 6) is 3.00. The van der Waals surface area contributed by atoms with Gasteiger partial charge >= 0.3 is 0 Å². The lowest BCUT2D eigenvalue weighted by molar-refractivity contribution is 0.530. The fourth-order valence-electron chi connectivity index (χ4n) is 0.677. The van der Waals surface area contributed by atoms with Crippen molar-refractivity contribution in [3.05, 3.63) is 0 Å². The van der Waals surface area contributed by atoms with Crippen LogP contribution in [0.5, 0.6) is 0 Å². The van der Waals surface area contributed by atoms with Crippen LogP contribution < -0.4 is 5.96 Å². The average molecular weight is 135 g/mol. The Morgan fingerprint density at radius 1 is 0.889 bits per heavy atom. The Morgan fingerprint density at radius 2 is 1.22 bits per heavy atom. The van der Waals surface area contributed by atoms with Gasteiger partial charge in [0.1, 0.15) is 0 Å². The highest BCUT2D eigenvalue weighted by molar-refractivity contribution is 4.35. The van der Waals surface area contributed by atoms with Crippen LogP contribution in [0.1, 0.15) is 46.0 Å². The van der Waals surface area contributed by atoms with Crippen LogP contribution in [0.3, 0.4) is 0 Å². The van der Waals surface area contributed by atoms with Crippen molar-refractivity contribution in [1.82, 2.24) is 0 Å². The standard InChI is InChI=1S/C7H16.FH2N/c1-3-5-7-6-4-2;1-2/h3-7H2,1-2H3;2H2. The van der Waals surface area contributed by atoms with Crippen LogP contribution >= 0.6 is 0 Å². The Kier molecular flexibility index (Phi) is 20.3. The third kappa shape index (κ3) is 18.1. The summed E-state index contributed by atoms with van der Waals surface area (Å²) in [6.45, 7) is 4.49. The topological polar surface area (TPSA) is 26.0 Å². The van der Waals surface area contributed by atoms with Gasteiger partial charge in [-0.2, -0.15) is 5.96 Å². The minimum atomic E-state index is 1.36. The Balaban J connectivity index is 0. The van der Waals surface area contributed by atoms with E-state index >= 15 is 0 Å². The maximum Gasteiger partial charge on any atom is -0.0533 e. The summed E-state index contributed by atoms with van der Waals surface area (Å²) >= 11 is 0. The summed E-state index contributed by atoms with van der Waals surface area (Å²) in [4.78, 5) is 0. The van der Waals surface area contributed by atoms with E-state index in [0.717, 1.165) is 0 Å². The highest BCUT2D eigenvalue weighted by atomic mass is 19.2. The number of unbranched alkanes of at least 4 members (excludes halogenated alkanes) is 4. The normalized spacial score (nSPS) is 8.00. The summed E-state index contributed by atoms with van der Waals surface area (Å²) in [6, 6.07) is 0. The molecule has 0 aliphatic carbocycles. The molecule has 0 bridgehead atoms. The Labute approximate surface area is 57.4 Å². The largest absolute Gasteiger partial charge is 0.172 e. The molecule has 2 N–H and O–H groups in total. The van der Waals surface area contributed by atoms with Crippen molar-refractivity contribution in [2.24, 2.45) is 5.96 Å². The second-order valence-electron chi connectivity index (χ2n) is 2.06. The molecule has 0 atom stereocenters. The van der Waals surface area contributed by atoms with Gasteiger partial charge in [-0.1, -0.05) is 46.0 Å². The van der Waals surface area contributed by atoms with Crippen molar-refractivity contribution in [2.45, 2.75) is 46.0 Å². The van der Waals surface area contributed by atoms with E-state index in [1.54, 1.807) is 0 Å². The van der Waals surface area contributed by atoms with Gasteiger partial charge in [0.25, 0.3) is 0 Å². The first kappa shape index (κ1) is 11.7. The van der Waals surface area contributed by atoms with E-state index in [4.69, 9.17) is 4.48 Å². The summed E-state index contributed by atoms with van der Waals surface area (Å²) in [5.41, 5.74) is 0. The second-order valence-corrected chi connectivity index (χ2v) is 2.06. The molecule has 0 saturated carbocycles. The molecule has 0 aliphatic rings. The van der Waals surface area contributed by atoms with E-state index in [1.165, 1.54) is 32.1 Å². The lowest BCUT2D eigenvalue weighted by Gasteiger charge is -1.90. The predicted octanol–water partition coefficient (Wildman–Crippen LogP) is 2.81. The lowest BCUT2D eigenvalue weighted by Crippen LogP contribution is -1.70. The molecule has 2 heteroatoms. The van der Waals surface area contributed by atoms with Gasteiger partial charge < -0.3 is 0 Å². The highest BCUT2D eigenvalue weighted by Gasteiger charge is 1.80. The van der Waals surface area contributed by atoms with E-state index in [9.17, 15) is 0 Å². The van der Waals surface area contributed by atoms with Crippen molar-refractivity contribution in [3.63, 3.8) is 0 Å². The highest BCUT2D eigenvalue weighted by Crippen LogP contribution is 2.00. The molecule has 0 heterocycles. The van der Waals surface area contributed by atoms with Crippen LogP contribution in [0.4, 0.5) is 4.48 Å². The van der Waals surface area contributed by atoms with Gasteiger partial charge in [0.15, 0.2) is 0 Å². The molecule has 1 nitrogen and oxygen atoms in total. The molecule has 9 heavy (non-hydrogen) atoms. The summed E-state index contributed by atoms with van der Waals surface area (Å²) in [6.07, 6.45) is 7.01. The summed E-state index contributed by atoms with van der Waals surface area (Å²) < 4.78 is 9.00. The fourth-order valence-corrected chi connectivity index (χ4v) is 0.677. The molecule has 0 amide bonds. The van der Waals surface area contributed by atoms with Gasteiger partial charge in [0, 0.05) is 0 Å². The summed E-state index contributed by atoms with van der Waals surface area (Å²) in [7, 11) is 0. The van der Waals surface area contributed by atoms with Gasteiger partial charge in [-0.15, -0.1) is 4.48 Å². The maximum atomic E-state index is 9.00. The molecule has 0 radical (unpaired) electrons. The predicted molar refractivity (Wildman–Crippen MR) is 39.7 cm³/mol. The van der Waals surface area contributed by atoms with Crippen LogP contribution in [0.2, 0.25) is 0 Å². The van der Waals surface area contributed by atoms with E-state index in [0.29, 0.717) is 0 Å². The number of halogens is 1. The first-order valence-corrected chi connectivity index (χ1v) is 3.63. The van der Waals surface area contributed by atoms with Crippen LogP contribution in [-0.2, 0) is 0 Å². The van der Waals surface area contributed by atoms with Crippen molar-refractivity contribution in [1.29, 1.82) is 0 Å².